The van der Waals surface area contributed by atoms with E-state index in [0.717, 1.165) is 12.2 Å². The van der Waals surface area contributed by atoms with Crippen molar-refractivity contribution in [1.29, 1.82) is 0 Å². The molecule has 0 spiro atoms. The largest absolute Gasteiger partial charge is 0.373 e. The Kier molecular flexibility index (Phi) is 4.52. The molecule has 2 aromatic heterocycles. The van der Waals surface area contributed by atoms with Crippen molar-refractivity contribution < 1.29 is 4.79 Å². The van der Waals surface area contributed by atoms with E-state index in [2.05, 4.69) is 22.5 Å². The smallest absolute Gasteiger partial charge is 0.253 e. The number of nitrogens with one attached hydrogen (secondary N) is 2. The number of carbonyl (C=O) groups excluding carboxylic acids is 1. The van der Waals surface area contributed by atoms with Crippen LogP contribution in [-0.4, -0.2) is 17.9 Å². The number of thiophene rings is 1. The lowest BCUT2D eigenvalue weighted by Crippen LogP contribution is -2.27. The van der Waals surface area contributed by atoms with Crippen molar-refractivity contribution in [2.75, 3.05) is 12.4 Å². The lowest BCUT2D eigenvalue weighted by molar-refractivity contribution is 0.0936. The van der Waals surface area contributed by atoms with Crippen molar-refractivity contribution in [1.82, 2.24) is 10.3 Å². The number of nitrogens with zero attached hydrogens (tertiary/aromatic N) is 1. The van der Waals surface area contributed by atoms with Crippen LogP contribution in [0, 0.1) is 0 Å². The molecule has 2 rings (SSSR count). The summed E-state index contributed by atoms with van der Waals surface area (Å²) >= 11 is 1.66. The van der Waals surface area contributed by atoms with Crippen molar-refractivity contribution in [2.24, 2.45) is 0 Å². The molecule has 0 saturated carbocycles. The van der Waals surface area contributed by atoms with Gasteiger partial charge < -0.3 is 10.6 Å². The first-order chi connectivity index (χ1) is 9.24. The molecule has 0 saturated heterocycles. The summed E-state index contributed by atoms with van der Waals surface area (Å²) < 4.78 is 0. The minimum Gasteiger partial charge on any atom is -0.373 e. The first-order valence-corrected chi connectivity index (χ1v) is 7.10. The summed E-state index contributed by atoms with van der Waals surface area (Å²) in [6, 6.07) is 7.67. The Morgan fingerprint density at radius 1 is 1.42 bits per heavy atom. The molecule has 19 heavy (non-hydrogen) atoms. The monoisotopic (exact) mass is 275 g/mol. The van der Waals surface area contributed by atoms with E-state index in [9.17, 15) is 4.79 Å². The highest BCUT2D eigenvalue weighted by molar-refractivity contribution is 7.10. The molecule has 0 aliphatic rings. The van der Waals surface area contributed by atoms with Crippen LogP contribution in [-0.2, 0) is 0 Å². The number of pyridine rings is 1. The predicted molar refractivity (Wildman–Crippen MR) is 78.6 cm³/mol. The van der Waals surface area contributed by atoms with Gasteiger partial charge in [-0.15, -0.1) is 11.3 Å². The fourth-order valence-electron chi connectivity index (χ4n) is 1.78. The Balaban J connectivity index is 2.06. The van der Waals surface area contributed by atoms with Gasteiger partial charge in [-0.1, -0.05) is 13.0 Å². The third-order valence-corrected chi connectivity index (χ3v) is 3.87. The van der Waals surface area contributed by atoms with E-state index in [-0.39, 0.29) is 11.9 Å². The molecular weight excluding hydrogens is 258 g/mol. The van der Waals surface area contributed by atoms with Crippen LogP contribution < -0.4 is 10.6 Å². The van der Waals surface area contributed by atoms with Gasteiger partial charge in [0.1, 0.15) is 5.82 Å². The number of rotatable bonds is 5. The quantitative estimate of drug-likeness (QED) is 0.881. The fourth-order valence-corrected chi connectivity index (χ4v) is 2.64. The molecule has 4 nitrogen and oxygen atoms in total. The van der Waals surface area contributed by atoms with Crippen LogP contribution in [0.15, 0.2) is 35.8 Å². The standard InChI is InChI=1S/C14H17N3OS/c1-3-11(12-5-4-8-19-12)17-14(18)10-6-7-13(15-2)16-9-10/h4-9,11H,3H2,1-2H3,(H,15,16)(H,17,18). The van der Waals surface area contributed by atoms with E-state index in [1.165, 1.54) is 4.88 Å². The Morgan fingerprint density at radius 3 is 2.79 bits per heavy atom. The van der Waals surface area contributed by atoms with Gasteiger partial charge in [0.05, 0.1) is 11.6 Å². The minimum atomic E-state index is -0.0876. The third-order valence-electron chi connectivity index (χ3n) is 2.88. The maximum absolute atomic E-state index is 12.1. The highest BCUT2D eigenvalue weighted by Crippen LogP contribution is 2.22. The van der Waals surface area contributed by atoms with E-state index in [1.54, 1.807) is 36.7 Å². The topological polar surface area (TPSA) is 54.0 Å². The van der Waals surface area contributed by atoms with Crippen molar-refractivity contribution in [3.63, 3.8) is 0 Å². The van der Waals surface area contributed by atoms with Crippen molar-refractivity contribution >= 4 is 23.1 Å². The van der Waals surface area contributed by atoms with E-state index < -0.39 is 0 Å². The van der Waals surface area contributed by atoms with E-state index >= 15 is 0 Å². The van der Waals surface area contributed by atoms with Gasteiger partial charge in [-0.2, -0.15) is 0 Å². The normalized spacial score (nSPS) is 11.9. The van der Waals surface area contributed by atoms with Gasteiger partial charge >= 0.3 is 0 Å². The van der Waals surface area contributed by atoms with Crippen molar-refractivity contribution in [2.45, 2.75) is 19.4 Å². The summed E-state index contributed by atoms with van der Waals surface area (Å²) in [5, 5.41) is 7.98. The molecule has 0 bridgehead atoms. The Hall–Kier alpha value is -1.88. The molecular formula is C14H17N3OS. The molecule has 2 aromatic rings. The van der Waals surface area contributed by atoms with Crippen LogP contribution in [0.2, 0.25) is 0 Å². The average Bonchev–Trinajstić information content (AvgIpc) is 2.98. The SMILES string of the molecule is CCC(NC(=O)c1ccc(NC)nc1)c1cccs1. The Bertz CT molecular complexity index is 522. The number of carbonyl (C=O) groups is 1. The van der Waals surface area contributed by atoms with Crippen LogP contribution in [0.1, 0.15) is 34.6 Å². The average molecular weight is 275 g/mol. The molecule has 100 valence electrons. The highest BCUT2D eigenvalue weighted by atomic mass is 32.1. The summed E-state index contributed by atoms with van der Waals surface area (Å²) in [4.78, 5) is 17.5. The molecule has 1 atom stereocenters. The molecule has 1 amide bonds. The van der Waals surface area contributed by atoms with Crippen LogP contribution >= 0.6 is 11.3 Å². The summed E-state index contributed by atoms with van der Waals surface area (Å²) in [6.07, 6.45) is 2.45. The third kappa shape index (κ3) is 3.32. The number of aromatic nitrogens is 1. The van der Waals surface area contributed by atoms with Gasteiger partial charge in [-0.25, -0.2) is 4.98 Å². The van der Waals surface area contributed by atoms with E-state index in [0.29, 0.717) is 5.56 Å². The number of hydrogen-bond donors (Lipinski definition) is 2. The second-order valence-corrected chi connectivity index (χ2v) is 5.11. The lowest BCUT2D eigenvalue weighted by atomic mass is 10.1. The van der Waals surface area contributed by atoms with E-state index in [4.69, 9.17) is 0 Å². The second-order valence-electron chi connectivity index (χ2n) is 4.13. The van der Waals surface area contributed by atoms with Gasteiger partial charge in [0.15, 0.2) is 0 Å². The zero-order valence-corrected chi connectivity index (χ0v) is 11.8. The predicted octanol–water partition coefficient (Wildman–Crippen LogP) is 3.07. The zero-order chi connectivity index (χ0) is 13.7. The first-order valence-electron chi connectivity index (χ1n) is 6.22. The first kappa shape index (κ1) is 13.5. The maximum Gasteiger partial charge on any atom is 0.253 e. The molecule has 0 aliphatic carbocycles. The Morgan fingerprint density at radius 2 is 2.26 bits per heavy atom. The maximum atomic E-state index is 12.1. The number of anilines is 1. The summed E-state index contributed by atoms with van der Waals surface area (Å²) in [5.41, 5.74) is 0.578. The fraction of sp³-hybridized carbons (Fsp3) is 0.286. The summed E-state index contributed by atoms with van der Waals surface area (Å²) in [7, 11) is 1.80. The minimum absolute atomic E-state index is 0.0662. The van der Waals surface area contributed by atoms with Crippen LogP contribution in [0.5, 0.6) is 0 Å². The molecule has 0 aromatic carbocycles. The van der Waals surface area contributed by atoms with Crippen molar-refractivity contribution in [3.05, 3.63) is 46.3 Å². The molecule has 0 fully saturated rings. The van der Waals surface area contributed by atoms with Crippen molar-refractivity contribution in [3.8, 4) is 0 Å². The summed E-state index contributed by atoms with van der Waals surface area (Å²) in [6.45, 7) is 2.06. The number of hydrogen-bond acceptors (Lipinski definition) is 4. The zero-order valence-electron chi connectivity index (χ0n) is 11.0. The molecule has 5 heteroatoms. The van der Waals surface area contributed by atoms with Gasteiger partial charge in [0.25, 0.3) is 5.91 Å². The lowest BCUT2D eigenvalue weighted by Gasteiger charge is -2.15. The van der Waals surface area contributed by atoms with Crippen LogP contribution in [0.25, 0.3) is 0 Å². The van der Waals surface area contributed by atoms with E-state index in [1.807, 2.05) is 17.5 Å². The van der Waals surface area contributed by atoms with Crippen LogP contribution in [0.4, 0.5) is 5.82 Å². The second kappa shape index (κ2) is 6.33. The molecule has 0 radical (unpaired) electrons. The molecule has 1 unspecified atom stereocenters. The summed E-state index contributed by atoms with van der Waals surface area (Å²) in [5.74, 6) is 0.664. The Labute approximate surface area is 116 Å². The van der Waals surface area contributed by atoms with Gasteiger partial charge in [0.2, 0.25) is 0 Å². The van der Waals surface area contributed by atoms with Crippen LogP contribution in [0.3, 0.4) is 0 Å². The van der Waals surface area contributed by atoms with Gasteiger partial charge in [-0.3, -0.25) is 4.79 Å². The van der Waals surface area contributed by atoms with Gasteiger partial charge in [-0.05, 0) is 30.0 Å². The molecule has 0 aliphatic heterocycles. The number of amides is 1. The molecule has 2 heterocycles. The highest BCUT2D eigenvalue weighted by Gasteiger charge is 2.14. The van der Waals surface area contributed by atoms with Gasteiger partial charge in [0, 0.05) is 18.1 Å². The molecule has 2 N–H and O–H groups in total.